The van der Waals surface area contributed by atoms with Gasteiger partial charge in [0.15, 0.2) is 5.82 Å². The van der Waals surface area contributed by atoms with Crippen LogP contribution in [0.25, 0.3) is 11.4 Å². The van der Waals surface area contributed by atoms with E-state index in [0.717, 1.165) is 4.47 Å². The first-order chi connectivity index (χ1) is 6.66. The maximum atomic E-state index is 9.62. The van der Waals surface area contributed by atoms with Crippen LogP contribution < -0.4 is 0 Å². The summed E-state index contributed by atoms with van der Waals surface area (Å²) < 4.78 is 1.18. The van der Waals surface area contributed by atoms with Crippen LogP contribution in [0.5, 0.6) is 5.75 Å². The zero-order valence-corrected chi connectivity index (χ0v) is 9.32. The van der Waals surface area contributed by atoms with Crippen LogP contribution in [0.4, 0.5) is 0 Å². The van der Waals surface area contributed by atoms with Crippen molar-refractivity contribution in [1.29, 1.82) is 0 Å². The van der Waals surface area contributed by atoms with Gasteiger partial charge in [0.1, 0.15) is 5.75 Å². The lowest BCUT2D eigenvalue weighted by Gasteiger charge is -2.00. The van der Waals surface area contributed by atoms with Crippen LogP contribution in [-0.2, 0) is 0 Å². The number of phenols is 1. The third kappa shape index (κ3) is 1.71. The van der Waals surface area contributed by atoms with Gasteiger partial charge in [0, 0.05) is 4.47 Å². The summed E-state index contributed by atoms with van der Waals surface area (Å²) in [6.07, 6.45) is 0. The van der Waals surface area contributed by atoms with Gasteiger partial charge >= 0.3 is 0 Å². The van der Waals surface area contributed by atoms with Crippen molar-refractivity contribution in [2.45, 2.75) is 0 Å². The van der Waals surface area contributed by atoms with Crippen molar-refractivity contribution in [3.05, 3.63) is 27.4 Å². The van der Waals surface area contributed by atoms with E-state index in [1.807, 2.05) is 6.07 Å². The van der Waals surface area contributed by atoms with E-state index >= 15 is 0 Å². The van der Waals surface area contributed by atoms with Gasteiger partial charge in [0.2, 0.25) is 4.77 Å². The maximum absolute atomic E-state index is 9.62. The lowest BCUT2D eigenvalue weighted by atomic mass is 10.2. The fraction of sp³-hybridized carbons (Fsp3) is 0. The van der Waals surface area contributed by atoms with Crippen LogP contribution in [0, 0.1) is 4.77 Å². The normalized spacial score (nSPS) is 10.4. The Hall–Kier alpha value is -1.14. The molecule has 0 radical (unpaired) electrons. The molecule has 6 heteroatoms. The van der Waals surface area contributed by atoms with Gasteiger partial charge in [-0.05, 0) is 30.4 Å². The molecule has 3 N–H and O–H groups in total. The molecule has 0 aliphatic rings. The van der Waals surface area contributed by atoms with Crippen molar-refractivity contribution < 1.29 is 5.11 Å². The molecule has 72 valence electrons. The average molecular weight is 272 g/mol. The number of aromatic nitrogens is 3. The van der Waals surface area contributed by atoms with Crippen molar-refractivity contribution in [3.63, 3.8) is 0 Å². The fourth-order valence-corrected chi connectivity index (χ4v) is 1.59. The highest BCUT2D eigenvalue weighted by Gasteiger charge is 2.06. The largest absolute Gasteiger partial charge is 0.507 e. The standard InChI is InChI=1S/C8H6BrN3OS/c9-4-1-2-5(6(13)3-4)7-10-8(14)12-11-7/h1-3,13H,(H2,10,11,12,14). The number of H-pyrrole nitrogens is 2. The van der Waals surface area contributed by atoms with Gasteiger partial charge in [-0.25, -0.2) is 0 Å². The molecule has 0 aliphatic carbocycles. The minimum atomic E-state index is 0.150. The highest BCUT2D eigenvalue weighted by atomic mass is 79.9. The third-order valence-corrected chi connectivity index (χ3v) is 2.40. The molecule has 14 heavy (non-hydrogen) atoms. The molecule has 0 aliphatic heterocycles. The first-order valence-corrected chi connectivity index (χ1v) is 5.00. The molecule has 0 atom stereocenters. The Morgan fingerprint density at radius 1 is 1.36 bits per heavy atom. The van der Waals surface area contributed by atoms with E-state index in [1.165, 1.54) is 0 Å². The van der Waals surface area contributed by atoms with E-state index in [9.17, 15) is 5.11 Å². The SMILES string of the molecule is Oc1cc(Br)ccc1-c1nc(=S)[nH][nH]1. The molecule has 0 unspecified atom stereocenters. The molecule has 0 bridgehead atoms. The molecular formula is C8H6BrN3OS. The summed E-state index contributed by atoms with van der Waals surface area (Å²) in [5, 5.41) is 15.0. The van der Waals surface area contributed by atoms with E-state index in [2.05, 4.69) is 31.1 Å². The van der Waals surface area contributed by atoms with Crippen LogP contribution in [0.1, 0.15) is 0 Å². The van der Waals surface area contributed by atoms with Crippen molar-refractivity contribution in [2.75, 3.05) is 0 Å². The second kappa shape index (κ2) is 3.55. The van der Waals surface area contributed by atoms with E-state index < -0.39 is 0 Å². The zero-order chi connectivity index (χ0) is 10.1. The Morgan fingerprint density at radius 2 is 2.14 bits per heavy atom. The monoisotopic (exact) mass is 271 g/mol. The number of benzene rings is 1. The quantitative estimate of drug-likeness (QED) is 0.699. The molecule has 0 fully saturated rings. The molecule has 2 rings (SSSR count). The van der Waals surface area contributed by atoms with Gasteiger partial charge < -0.3 is 5.11 Å². The molecule has 0 saturated carbocycles. The summed E-state index contributed by atoms with van der Waals surface area (Å²) in [4.78, 5) is 4.00. The number of hydrogen-bond acceptors (Lipinski definition) is 3. The van der Waals surface area contributed by atoms with Gasteiger partial charge in [-0.3, -0.25) is 10.2 Å². The van der Waals surface area contributed by atoms with Crippen LogP contribution >= 0.6 is 28.1 Å². The Bertz CT molecular complexity index is 519. The molecular weight excluding hydrogens is 266 g/mol. The summed E-state index contributed by atoms with van der Waals surface area (Å²) in [6, 6.07) is 5.17. The molecule has 0 spiro atoms. The van der Waals surface area contributed by atoms with Gasteiger partial charge in [0.25, 0.3) is 0 Å². The van der Waals surface area contributed by atoms with Crippen LogP contribution in [0.3, 0.4) is 0 Å². The lowest BCUT2D eigenvalue weighted by molar-refractivity contribution is 0.476. The number of halogens is 1. The number of rotatable bonds is 1. The second-order valence-electron chi connectivity index (χ2n) is 2.68. The number of nitrogens with zero attached hydrogens (tertiary/aromatic N) is 1. The van der Waals surface area contributed by atoms with Gasteiger partial charge in [-0.15, -0.1) is 0 Å². The Labute approximate surface area is 93.1 Å². The van der Waals surface area contributed by atoms with Crippen molar-refractivity contribution in [3.8, 4) is 17.1 Å². The third-order valence-electron chi connectivity index (χ3n) is 1.72. The molecule has 0 saturated heterocycles. The second-order valence-corrected chi connectivity index (χ2v) is 3.98. The predicted octanol–water partition coefficient (Wildman–Crippen LogP) is 2.60. The van der Waals surface area contributed by atoms with Crippen LogP contribution in [0.2, 0.25) is 0 Å². The smallest absolute Gasteiger partial charge is 0.213 e. The highest BCUT2D eigenvalue weighted by molar-refractivity contribution is 9.10. The minimum absolute atomic E-state index is 0.150. The number of phenolic OH excluding ortho intramolecular Hbond substituents is 1. The maximum Gasteiger partial charge on any atom is 0.213 e. The summed E-state index contributed by atoms with van der Waals surface area (Å²) in [7, 11) is 0. The lowest BCUT2D eigenvalue weighted by Crippen LogP contribution is -1.81. The molecule has 0 amide bonds. The summed E-state index contributed by atoms with van der Waals surface area (Å²) in [5.41, 5.74) is 0.612. The van der Waals surface area contributed by atoms with E-state index in [4.69, 9.17) is 12.2 Å². The first kappa shape index (κ1) is 9.42. The Balaban J connectivity index is 2.57. The van der Waals surface area contributed by atoms with E-state index in [-0.39, 0.29) is 5.75 Å². The van der Waals surface area contributed by atoms with Gasteiger partial charge in [-0.2, -0.15) is 4.98 Å². The van der Waals surface area contributed by atoms with Gasteiger partial charge in [0.05, 0.1) is 5.56 Å². The topological polar surface area (TPSA) is 64.7 Å². The number of aromatic amines is 2. The van der Waals surface area contributed by atoms with E-state index in [0.29, 0.717) is 16.2 Å². The molecule has 2 aromatic rings. The molecule has 1 aromatic heterocycles. The van der Waals surface area contributed by atoms with Crippen LogP contribution in [-0.4, -0.2) is 20.3 Å². The van der Waals surface area contributed by atoms with Crippen molar-refractivity contribution in [1.82, 2.24) is 15.2 Å². The fourth-order valence-electron chi connectivity index (χ4n) is 1.10. The van der Waals surface area contributed by atoms with Gasteiger partial charge in [-0.1, -0.05) is 15.9 Å². The molecule has 4 nitrogen and oxygen atoms in total. The average Bonchev–Trinajstić information content (AvgIpc) is 2.51. The van der Waals surface area contributed by atoms with Crippen molar-refractivity contribution >= 4 is 28.1 Å². The molecule has 1 heterocycles. The molecule has 1 aromatic carbocycles. The summed E-state index contributed by atoms with van der Waals surface area (Å²) in [6.45, 7) is 0. The zero-order valence-electron chi connectivity index (χ0n) is 6.91. The predicted molar refractivity (Wildman–Crippen MR) is 58.6 cm³/mol. The Kier molecular flexibility index (Phi) is 2.39. The number of nitrogens with one attached hydrogen (secondary N) is 2. The Morgan fingerprint density at radius 3 is 2.71 bits per heavy atom. The van der Waals surface area contributed by atoms with Crippen molar-refractivity contribution in [2.24, 2.45) is 0 Å². The first-order valence-electron chi connectivity index (χ1n) is 3.80. The minimum Gasteiger partial charge on any atom is -0.507 e. The summed E-state index contributed by atoms with van der Waals surface area (Å²) >= 11 is 8.07. The highest BCUT2D eigenvalue weighted by Crippen LogP contribution is 2.28. The number of aromatic hydroxyl groups is 1. The van der Waals surface area contributed by atoms with Crippen LogP contribution in [0.15, 0.2) is 22.7 Å². The van der Waals surface area contributed by atoms with E-state index in [1.54, 1.807) is 12.1 Å². The summed E-state index contributed by atoms with van der Waals surface area (Å²) in [5.74, 6) is 0.678. The number of hydrogen-bond donors (Lipinski definition) is 3.